The Hall–Kier alpha value is -1.50. The fourth-order valence-corrected chi connectivity index (χ4v) is 1.77. The maximum absolute atomic E-state index is 11.8. The second-order valence-corrected chi connectivity index (χ2v) is 4.56. The molecule has 1 aliphatic carbocycles. The van der Waals surface area contributed by atoms with Crippen LogP contribution in [0.1, 0.15) is 20.8 Å². The average Bonchev–Trinajstić information content (AvgIpc) is 2.13. The van der Waals surface area contributed by atoms with Gasteiger partial charge in [-0.05, 0) is 26.3 Å². The number of Topliss-reactive ketones (excluding diaryl/α,β-unsaturated/α-hetero) is 2. The summed E-state index contributed by atoms with van der Waals surface area (Å²) in [5.41, 5.74) is -0.861. The van der Waals surface area contributed by atoms with Crippen LogP contribution in [0.5, 0.6) is 0 Å². The van der Waals surface area contributed by atoms with Crippen LogP contribution in [0.25, 0.3) is 0 Å². The van der Waals surface area contributed by atoms with Crippen LogP contribution in [0.15, 0.2) is 23.0 Å². The molecule has 0 atom stereocenters. The molecule has 0 aromatic heterocycles. The summed E-state index contributed by atoms with van der Waals surface area (Å²) in [5.74, 6) is -1.77. The SMILES string of the molecule is CC1=CC(C)(C)C(O)=C(C(=O)CN(O)O)C1=O. The lowest BCUT2D eigenvalue weighted by atomic mass is 9.78. The molecule has 6 heteroatoms. The van der Waals surface area contributed by atoms with Crippen molar-refractivity contribution < 1.29 is 25.1 Å². The Bertz CT molecular complexity index is 431. The predicted molar refractivity (Wildman–Crippen MR) is 57.5 cm³/mol. The largest absolute Gasteiger partial charge is 0.511 e. The highest BCUT2D eigenvalue weighted by Crippen LogP contribution is 2.35. The standard InChI is InChI=1S/C11H15NO5/c1-6-4-11(2,3)10(15)8(9(6)14)7(13)5-12(16)17/h4,15-17H,5H2,1-3H3. The lowest BCUT2D eigenvalue weighted by Crippen LogP contribution is -2.33. The molecule has 0 radical (unpaired) electrons. The van der Waals surface area contributed by atoms with Crippen LogP contribution in [-0.4, -0.2) is 38.9 Å². The summed E-state index contributed by atoms with van der Waals surface area (Å²) in [6.07, 6.45) is 1.57. The van der Waals surface area contributed by atoms with Crippen LogP contribution >= 0.6 is 0 Å². The van der Waals surface area contributed by atoms with Gasteiger partial charge < -0.3 is 5.11 Å². The molecule has 0 heterocycles. The molecular weight excluding hydrogens is 226 g/mol. The highest BCUT2D eigenvalue weighted by molar-refractivity contribution is 6.27. The van der Waals surface area contributed by atoms with Crippen molar-refractivity contribution >= 4 is 11.6 Å². The summed E-state index contributed by atoms with van der Waals surface area (Å²) in [7, 11) is 0. The highest BCUT2D eigenvalue weighted by atomic mass is 16.8. The van der Waals surface area contributed by atoms with Crippen LogP contribution in [0.4, 0.5) is 0 Å². The first kappa shape index (κ1) is 13.6. The van der Waals surface area contributed by atoms with Crippen molar-refractivity contribution in [1.29, 1.82) is 0 Å². The molecule has 0 aliphatic heterocycles. The third-order valence-electron chi connectivity index (χ3n) is 2.57. The van der Waals surface area contributed by atoms with Crippen molar-refractivity contribution in [2.75, 3.05) is 6.54 Å². The summed E-state index contributed by atoms with van der Waals surface area (Å²) in [4.78, 5) is 23.4. The van der Waals surface area contributed by atoms with Gasteiger partial charge in [-0.15, -0.1) is 0 Å². The Morgan fingerprint density at radius 1 is 1.41 bits per heavy atom. The van der Waals surface area contributed by atoms with Gasteiger partial charge >= 0.3 is 0 Å². The molecule has 0 bridgehead atoms. The van der Waals surface area contributed by atoms with Crippen LogP contribution in [0.2, 0.25) is 0 Å². The zero-order chi connectivity index (χ0) is 13.4. The van der Waals surface area contributed by atoms with E-state index in [1.54, 1.807) is 26.8 Å². The van der Waals surface area contributed by atoms with E-state index in [-0.39, 0.29) is 16.6 Å². The summed E-state index contributed by atoms with van der Waals surface area (Å²) in [6.45, 7) is 4.08. The van der Waals surface area contributed by atoms with Crippen molar-refractivity contribution in [2.45, 2.75) is 20.8 Å². The maximum Gasteiger partial charge on any atom is 0.195 e. The Morgan fingerprint density at radius 3 is 2.41 bits per heavy atom. The summed E-state index contributed by atoms with van der Waals surface area (Å²) < 4.78 is 0. The second kappa shape index (κ2) is 4.40. The first-order valence-corrected chi connectivity index (χ1v) is 5.03. The first-order valence-electron chi connectivity index (χ1n) is 5.03. The molecule has 6 nitrogen and oxygen atoms in total. The second-order valence-electron chi connectivity index (χ2n) is 4.56. The number of allylic oxidation sites excluding steroid dienone is 2. The third kappa shape index (κ3) is 2.60. The number of hydroxylamine groups is 2. The Kier molecular flexibility index (Phi) is 3.51. The van der Waals surface area contributed by atoms with Crippen molar-refractivity contribution in [3.05, 3.63) is 23.0 Å². The zero-order valence-electron chi connectivity index (χ0n) is 9.89. The number of aliphatic hydroxyl groups excluding tert-OH is 1. The smallest absolute Gasteiger partial charge is 0.195 e. The van der Waals surface area contributed by atoms with Gasteiger partial charge in [-0.1, -0.05) is 11.3 Å². The van der Waals surface area contributed by atoms with E-state index in [0.717, 1.165) is 0 Å². The molecule has 1 aliphatic rings. The summed E-state index contributed by atoms with van der Waals surface area (Å²) >= 11 is 0. The monoisotopic (exact) mass is 241 g/mol. The molecular formula is C11H15NO5. The lowest BCUT2D eigenvalue weighted by molar-refractivity contribution is -0.300. The van der Waals surface area contributed by atoms with E-state index >= 15 is 0 Å². The Balaban J connectivity index is 3.20. The fourth-order valence-electron chi connectivity index (χ4n) is 1.77. The van der Waals surface area contributed by atoms with Gasteiger partial charge in [0, 0.05) is 5.41 Å². The van der Waals surface area contributed by atoms with Gasteiger partial charge in [0.05, 0.1) is 0 Å². The molecule has 0 saturated carbocycles. The molecule has 1 rings (SSSR count). The Morgan fingerprint density at radius 2 is 1.94 bits per heavy atom. The molecule has 0 aromatic carbocycles. The topological polar surface area (TPSA) is 98.1 Å². The van der Waals surface area contributed by atoms with Crippen molar-refractivity contribution in [1.82, 2.24) is 5.23 Å². The molecule has 0 fully saturated rings. The molecule has 0 amide bonds. The van der Waals surface area contributed by atoms with Gasteiger partial charge in [0.1, 0.15) is 17.9 Å². The number of ketones is 2. The van der Waals surface area contributed by atoms with Crippen molar-refractivity contribution in [3.63, 3.8) is 0 Å². The number of hydrogen-bond donors (Lipinski definition) is 3. The van der Waals surface area contributed by atoms with E-state index in [1.807, 2.05) is 0 Å². The van der Waals surface area contributed by atoms with Crippen LogP contribution < -0.4 is 0 Å². The normalized spacial score (nSPS) is 19.6. The molecule has 94 valence electrons. The first-order chi connectivity index (χ1) is 7.66. The van der Waals surface area contributed by atoms with Crippen molar-refractivity contribution in [3.8, 4) is 0 Å². The maximum atomic E-state index is 11.8. The summed E-state index contributed by atoms with van der Waals surface area (Å²) in [6, 6.07) is 0. The van der Waals surface area contributed by atoms with Gasteiger partial charge in [0.15, 0.2) is 11.6 Å². The summed E-state index contributed by atoms with van der Waals surface area (Å²) in [5, 5.41) is 26.7. The fraction of sp³-hybridized carbons (Fsp3) is 0.455. The van der Waals surface area contributed by atoms with E-state index in [2.05, 4.69) is 0 Å². The van der Waals surface area contributed by atoms with Gasteiger partial charge in [-0.2, -0.15) is 0 Å². The highest BCUT2D eigenvalue weighted by Gasteiger charge is 2.36. The molecule has 17 heavy (non-hydrogen) atoms. The Labute approximate surface area is 98.4 Å². The number of carbonyl (C=O) groups excluding carboxylic acids is 2. The average molecular weight is 241 g/mol. The lowest BCUT2D eigenvalue weighted by Gasteiger charge is -2.27. The third-order valence-corrected chi connectivity index (χ3v) is 2.57. The van der Waals surface area contributed by atoms with Crippen LogP contribution in [-0.2, 0) is 9.59 Å². The van der Waals surface area contributed by atoms with E-state index < -0.39 is 23.5 Å². The molecule has 0 unspecified atom stereocenters. The minimum absolute atomic E-state index is 0.323. The number of rotatable bonds is 3. The minimum atomic E-state index is -0.835. The van der Waals surface area contributed by atoms with Crippen LogP contribution in [0.3, 0.4) is 0 Å². The molecule has 0 spiro atoms. The van der Waals surface area contributed by atoms with Crippen LogP contribution in [0, 0.1) is 5.41 Å². The van der Waals surface area contributed by atoms with Gasteiger partial charge in [-0.25, -0.2) is 0 Å². The number of nitrogens with zero attached hydrogens (tertiary/aromatic N) is 1. The quantitative estimate of drug-likeness (QED) is 0.503. The minimum Gasteiger partial charge on any atom is -0.511 e. The van der Waals surface area contributed by atoms with Gasteiger partial charge in [0.25, 0.3) is 0 Å². The van der Waals surface area contributed by atoms with Gasteiger partial charge in [-0.3, -0.25) is 20.0 Å². The number of aliphatic hydroxyl groups is 1. The molecule has 0 aromatic rings. The van der Waals surface area contributed by atoms with E-state index in [1.165, 1.54) is 0 Å². The predicted octanol–water partition coefficient (Wildman–Crippen LogP) is 1.00. The zero-order valence-corrected chi connectivity index (χ0v) is 9.89. The number of hydrogen-bond acceptors (Lipinski definition) is 6. The molecule has 3 N–H and O–H groups in total. The van der Waals surface area contributed by atoms with E-state index in [4.69, 9.17) is 10.4 Å². The van der Waals surface area contributed by atoms with E-state index in [0.29, 0.717) is 5.57 Å². The van der Waals surface area contributed by atoms with Gasteiger partial charge in [0.2, 0.25) is 0 Å². The number of carbonyl (C=O) groups is 2. The van der Waals surface area contributed by atoms with Crippen molar-refractivity contribution in [2.24, 2.45) is 5.41 Å². The molecule has 0 saturated heterocycles. The van der Waals surface area contributed by atoms with E-state index in [9.17, 15) is 14.7 Å².